The maximum atomic E-state index is 11.5. The lowest BCUT2D eigenvalue weighted by atomic mass is 10.3. The molecule has 0 unspecified atom stereocenters. The Hall–Kier alpha value is -1.71. The highest BCUT2D eigenvalue weighted by atomic mass is 16.5. The van der Waals surface area contributed by atoms with Crippen LogP contribution in [0.3, 0.4) is 0 Å². The molecule has 0 aromatic heterocycles. The molecule has 0 bridgehead atoms. The molecule has 1 aromatic carbocycles. The topological polar surface area (TPSA) is 49.8 Å². The van der Waals surface area contributed by atoms with Gasteiger partial charge in [0.05, 0.1) is 6.61 Å². The summed E-state index contributed by atoms with van der Waals surface area (Å²) in [6.07, 6.45) is 1.90. The van der Waals surface area contributed by atoms with Crippen molar-refractivity contribution >= 4 is 11.7 Å². The maximum absolute atomic E-state index is 11.5. The van der Waals surface area contributed by atoms with Gasteiger partial charge < -0.3 is 14.7 Å². The van der Waals surface area contributed by atoms with Crippen molar-refractivity contribution in [1.29, 1.82) is 0 Å². The number of aromatic hydroxyl groups is 1. The summed E-state index contributed by atoms with van der Waals surface area (Å²) in [5, 5.41) is 9.33. The number of carbonyl (C=O) groups excluding carboxylic acids is 1. The second-order valence-corrected chi connectivity index (χ2v) is 3.95. The van der Waals surface area contributed by atoms with Gasteiger partial charge in [0.15, 0.2) is 0 Å². The standard InChI is InChI=1S/C13H19NO3/c1-3-4-8-17-13(16)10-14(2)11-6-5-7-12(15)9-11/h5-7,9,15H,3-4,8,10H2,1-2H3. The van der Waals surface area contributed by atoms with Crippen molar-refractivity contribution in [2.24, 2.45) is 0 Å². The smallest absolute Gasteiger partial charge is 0.325 e. The van der Waals surface area contributed by atoms with Crippen LogP contribution in [0.4, 0.5) is 5.69 Å². The number of benzene rings is 1. The quantitative estimate of drug-likeness (QED) is 0.608. The number of hydrogen-bond acceptors (Lipinski definition) is 4. The van der Waals surface area contributed by atoms with E-state index in [1.807, 2.05) is 13.0 Å². The molecule has 1 N–H and O–H groups in total. The van der Waals surface area contributed by atoms with Crippen molar-refractivity contribution < 1.29 is 14.6 Å². The van der Waals surface area contributed by atoms with Crippen molar-refractivity contribution in [3.63, 3.8) is 0 Å². The molecular weight excluding hydrogens is 218 g/mol. The molecule has 94 valence electrons. The number of hydrogen-bond donors (Lipinski definition) is 1. The highest BCUT2D eigenvalue weighted by Crippen LogP contribution is 2.18. The Morgan fingerprint density at radius 3 is 2.88 bits per heavy atom. The van der Waals surface area contributed by atoms with E-state index in [1.54, 1.807) is 30.1 Å². The molecule has 0 aliphatic heterocycles. The zero-order valence-corrected chi connectivity index (χ0v) is 10.3. The average Bonchev–Trinajstić information content (AvgIpc) is 2.29. The summed E-state index contributed by atoms with van der Waals surface area (Å²) in [7, 11) is 1.79. The maximum Gasteiger partial charge on any atom is 0.325 e. The lowest BCUT2D eigenvalue weighted by Gasteiger charge is -2.18. The summed E-state index contributed by atoms with van der Waals surface area (Å²) in [5.41, 5.74) is 0.789. The van der Waals surface area contributed by atoms with E-state index in [0.29, 0.717) is 6.61 Å². The van der Waals surface area contributed by atoms with Crippen molar-refractivity contribution in [2.75, 3.05) is 25.1 Å². The molecule has 0 fully saturated rings. The first kappa shape index (κ1) is 13.4. The number of anilines is 1. The van der Waals surface area contributed by atoms with E-state index >= 15 is 0 Å². The Bertz CT molecular complexity index is 365. The van der Waals surface area contributed by atoms with Gasteiger partial charge >= 0.3 is 5.97 Å². The second kappa shape index (κ2) is 6.78. The Labute approximate surface area is 102 Å². The van der Waals surface area contributed by atoms with Gasteiger partial charge in [0.25, 0.3) is 0 Å². The van der Waals surface area contributed by atoms with Crippen molar-refractivity contribution in [3.8, 4) is 5.75 Å². The summed E-state index contributed by atoms with van der Waals surface area (Å²) in [6, 6.07) is 6.78. The second-order valence-electron chi connectivity index (χ2n) is 3.95. The first-order valence-electron chi connectivity index (χ1n) is 5.79. The number of esters is 1. The zero-order chi connectivity index (χ0) is 12.7. The molecule has 0 aliphatic rings. The van der Waals surface area contributed by atoms with Gasteiger partial charge in [0.1, 0.15) is 12.3 Å². The lowest BCUT2D eigenvalue weighted by Crippen LogP contribution is -2.27. The van der Waals surface area contributed by atoms with E-state index in [-0.39, 0.29) is 18.3 Å². The van der Waals surface area contributed by atoms with Gasteiger partial charge in [-0.15, -0.1) is 0 Å². The van der Waals surface area contributed by atoms with Crippen LogP contribution in [0, 0.1) is 0 Å². The number of ether oxygens (including phenoxy) is 1. The highest BCUT2D eigenvalue weighted by Gasteiger charge is 2.08. The Kier molecular flexibility index (Phi) is 5.33. The number of likely N-dealkylation sites (N-methyl/N-ethyl adjacent to an activating group) is 1. The molecule has 4 nitrogen and oxygen atoms in total. The molecule has 0 amide bonds. The largest absolute Gasteiger partial charge is 0.508 e. The van der Waals surface area contributed by atoms with E-state index in [0.717, 1.165) is 18.5 Å². The lowest BCUT2D eigenvalue weighted by molar-refractivity contribution is -0.142. The van der Waals surface area contributed by atoms with Crippen molar-refractivity contribution in [3.05, 3.63) is 24.3 Å². The minimum Gasteiger partial charge on any atom is -0.508 e. The average molecular weight is 237 g/mol. The van der Waals surface area contributed by atoms with Crippen LogP contribution in [0.1, 0.15) is 19.8 Å². The summed E-state index contributed by atoms with van der Waals surface area (Å²) in [5.74, 6) is -0.0574. The number of phenols is 1. The third kappa shape index (κ3) is 4.76. The van der Waals surface area contributed by atoms with Gasteiger partial charge in [-0.05, 0) is 18.6 Å². The summed E-state index contributed by atoms with van der Waals surface area (Å²) >= 11 is 0. The highest BCUT2D eigenvalue weighted by molar-refractivity contribution is 5.75. The van der Waals surface area contributed by atoms with Crippen LogP contribution in [0.2, 0.25) is 0 Å². The number of unbranched alkanes of at least 4 members (excludes halogenated alkanes) is 1. The first-order chi connectivity index (χ1) is 8.13. The minimum absolute atomic E-state index is 0.188. The normalized spacial score (nSPS) is 10.0. The van der Waals surface area contributed by atoms with E-state index in [1.165, 1.54) is 0 Å². The van der Waals surface area contributed by atoms with Crippen LogP contribution in [0.25, 0.3) is 0 Å². The summed E-state index contributed by atoms with van der Waals surface area (Å²) < 4.78 is 5.06. The molecule has 0 heterocycles. The molecule has 0 saturated heterocycles. The number of carbonyl (C=O) groups is 1. The summed E-state index contributed by atoms with van der Waals surface area (Å²) in [6.45, 7) is 2.71. The molecule has 0 aliphatic carbocycles. The monoisotopic (exact) mass is 237 g/mol. The molecule has 0 spiro atoms. The van der Waals surface area contributed by atoms with Crippen molar-refractivity contribution in [2.45, 2.75) is 19.8 Å². The molecule has 1 aromatic rings. The van der Waals surface area contributed by atoms with Gasteiger partial charge in [0.2, 0.25) is 0 Å². The molecule has 4 heteroatoms. The molecule has 1 rings (SSSR count). The minimum atomic E-state index is -0.246. The third-order valence-corrected chi connectivity index (χ3v) is 2.40. The van der Waals surface area contributed by atoms with E-state index < -0.39 is 0 Å². The predicted octanol–water partition coefficient (Wildman–Crippen LogP) is 2.17. The Morgan fingerprint density at radius 2 is 2.24 bits per heavy atom. The van der Waals surface area contributed by atoms with Crippen LogP contribution in [-0.4, -0.2) is 31.3 Å². The molecule has 0 radical (unpaired) electrons. The predicted molar refractivity (Wildman–Crippen MR) is 67.2 cm³/mol. The molecule has 0 saturated carbocycles. The Balaban J connectivity index is 2.43. The van der Waals surface area contributed by atoms with Gasteiger partial charge in [-0.3, -0.25) is 4.79 Å². The molecule has 17 heavy (non-hydrogen) atoms. The van der Waals surface area contributed by atoms with Gasteiger partial charge in [-0.25, -0.2) is 0 Å². The molecular formula is C13H19NO3. The van der Waals surface area contributed by atoms with E-state index in [9.17, 15) is 9.90 Å². The van der Waals surface area contributed by atoms with Gasteiger partial charge in [0, 0.05) is 18.8 Å². The number of phenolic OH excluding ortho intramolecular Hbond substituents is 1. The van der Waals surface area contributed by atoms with Gasteiger partial charge in [-0.1, -0.05) is 19.4 Å². The van der Waals surface area contributed by atoms with Crippen molar-refractivity contribution in [1.82, 2.24) is 0 Å². The first-order valence-corrected chi connectivity index (χ1v) is 5.79. The number of nitrogens with zero attached hydrogens (tertiary/aromatic N) is 1. The fourth-order valence-corrected chi connectivity index (χ4v) is 1.39. The summed E-state index contributed by atoms with van der Waals surface area (Å²) in [4.78, 5) is 13.2. The molecule has 0 atom stereocenters. The van der Waals surface area contributed by atoms with Crippen LogP contribution in [0.15, 0.2) is 24.3 Å². The SMILES string of the molecule is CCCCOC(=O)CN(C)c1cccc(O)c1. The van der Waals surface area contributed by atoms with Gasteiger partial charge in [-0.2, -0.15) is 0 Å². The Morgan fingerprint density at radius 1 is 1.47 bits per heavy atom. The van der Waals surface area contributed by atoms with Crippen LogP contribution < -0.4 is 4.90 Å². The fraction of sp³-hybridized carbons (Fsp3) is 0.462. The van der Waals surface area contributed by atoms with Crippen LogP contribution in [0.5, 0.6) is 5.75 Å². The fourth-order valence-electron chi connectivity index (χ4n) is 1.39. The van der Waals surface area contributed by atoms with E-state index in [2.05, 4.69) is 0 Å². The van der Waals surface area contributed by atoms with Crippen LogP contribution in [-0.2, 0) is 9.53 Å². The number of rotatable bonds is 6. The van der Waals surface area contributed by atoms with E-state index in [4.69, 9.17) is 4.74 Å². The zero-order valence-electron chi connectivity index (χ0n) is 10.3. The van der Waals surface area contributed by atoms with Crippen LogP contribution >= 0.6 is 0 Å². The third-order valence-electron chi connectivity index (χ3n) is 2.40.